The molecule has 0 spiro atoms. The molecule has 34 heavy (non-hydrogen) atoms. The molecule has 5 rings (SSSR count). The van der Waals surface area contributed by atoms with Crippen molar-refractivity contribution in [2.24, 2.45) is 17.8 Å². The van der Waals surface area contributed by atoms with Gasteiger partial charge >= 0.3 is 12.1 Å². The third-order valence-corrected chi connectivity index (χ3v) is 7.11. The standard InChI is InChI=1S/C26H28N2O6/c29-24(27-12-15-9-10-33-23(15)25(30)31)21-11-16(21)13-28-26(32)34-14-22-19-7-3-1-5-17(19)18-6-2-4-8-20(18)22/h1-8,15-16,21-23H,9-14H2,(H,27,29)(H,28,32)(H,30,31)/t15?,16-,21-,23?/m0/s1. The number of alkyl carbamates (subject to hydrolysis) is 1. The van der Waals surface area contributed by atoms with Gasteiger partial charge in [-0.25, -0.2) is 9.59 Å². The summed E-state index contributed by atoms with van der Waals surface area (Å²) in [5, 5.41) is 14.8. The second-order valence-corrected chi connectivity index (χ2v) is 9.23. The molecule has 2 unspecified atom stereocenters. The molecule has 1 aliphatic heterocycles. The molecule has 2 aromatic carbocycles. The molecule has 0 aromatic heterocycles. The third-order valence-electron chi connectivity index (χ3n) is 7.11. The molecule has 0 radical (unpaired) electrons. The zero-order valence-electron chi connectivity index (χ0n) is 18.7. The van der Waals surface area contributed by atoms with Crippen molar-refractivity contribution in [3.8, 4) is 11.1 Å². The second-order valence-electron chi connectivity index (χ2n) is 9.23. The van der Waals surface area contributed by atoms with Crippen LogP contribution in [0.15, 0.2) is 48.5 Å². The maximum atomic E-state index is 12.4. The van der Waals surface area contributed by atoms with Crippen molar-refractivity contribution < 1.29 is 29.0 Å². The maximum Gasteiger partial charge on any atom is 0.407 e. The minimum atomic E-state index is -0.992. The van der Waals surface area contributed by atoms with Gasteiger partial charge in [-0.3, -0.25) is 4.79 Å². The van der Waals surface area contributed by atoms with E-state index in [0.29, 0.717) is 32.5 Å². The van der Waals surface area contributed by atoms with Crippen molar-refractivity contribution in [1.29, 1.82) is 0 Å². The van der Waals surface area contributed by atoms with Gasteiger partial charge in [0.15, 0.2) is 6.10 Å². The summed E-state index contributed by atoms with van der Waals surface area (Å²) in [6, 6.07) is 16.4. The van der Waals surface area contributed by atoms with E-state index < -0.39 is 18.2 Å². The van der Waals surface area contributed by atoms with Crippen LogP contribution < -0.4 is 10.6 Å². The number of carbonyl (C=O) groups is 3. The highest BCUT2D eigenvalue weighted by atomic mass is 16.5. The van der Waals surface area contributed by atoms with Crippen molar-refractivity contribution in [1.82, 2.24) is 10.6 Å². The van der Waals surface area contributed by atoms with Crippen LogP contribution in [-0.4, -0.2) is 55.5 Å². The molecule has 2 aliphatic carbocycles. The lowest BCUT2D eigenvalue weighted by Gasteiger charge is -2.15. The summed E-state index contributed by atoms with van der Waals surface area (Å²) in [6.07, 6.45) is -0.0286. The van der Waals surface area contributed by atoms with Gasteiger partial charge < -0.3 is 25.2 Å². The Morgan fingerprint density at radius 2 is 1.59 bits per heavy atom. The molecule has 3 N–H and O–H groups in total. The Morgan fingerprint density at radius 1 is 0.941 bits per heavy atom. The summed E-state index contributed by atoms with van der Waals surface area (Å²) in [7, 11) is 0. The molecule has 1 heterocycles. The predicted octanol–water partition coefficient (Wildman–Crippen LogP) is 2.77. The van der Waals surface area contributed by atoms with Crippen LogP contribution in [0.1, 0.15) is 29.9 Å². The second kappa shape index (κ2) is 9.46. The molecule has 2 aromatic rings. The van der Waals surface area contributed by atoms with E-state index in [9.17, 15) is 14.4 Å². The van der Waals surface area contributed by atoms with E-state index in [1.807, 2.05) is 24.3 Å². The first-order valence-corrected chi connectivity index (χ1v) is 11.7. The number of carboxylic acids is 1. The Labute approximate surface area is 197 Å². The summed E-state index contributed by atoms with van der Waals surface area (Å²) in [6.45, 7) is 1.31. The van der Waals surface area contributed by atoms with Gasteiger partial charge in [0.2, 0.25) is 5.91 Å². The minimum absolute atomic E-state index is 0.00629. The molecule has 3 aliphatic rings. The van der Waals surface area contributed by atoms with Gasteiger partial charge in [0, 0.05) is 37.5 Å². The van der Waals surface area contributed by atoms with Gasteiger partial charge in [-0.2, -0.15) is 0 Å². The van der Waals surface area contributed by atoms with E-state index in [2.05, 4.69) is 34.9 Å². The van der Waals surface area contributed by atoms with Crippen molar-refractivity contribution >= 4 is 18.0 Å². The smallest absolute Gasteiger partial charge is 0.407 e. The van der Waals surface area contributed by atoms with Crippen LogP contribution >= 0.6 is 0 Å². The fourth-order valence-electron chi connectivity index (χ4n) is 5.14. The maximum absolute atomic E-state index is 12.4. The Hall–Kier alpha value is -3.39. The van der Waals surface area contributed by atoms with Gasteiger partial charge in [-0.1, -0.05) is 48.5 Å². The Balaban J connectivity index is 1.06. The zero-order valence-corrected chi connectivity index (χ0v) is 18.7. The number of carbonyl (C=O) groups excluding carboxylic acids is 2. The number of carboxylic acid groups (broad SMARTS) is 1. The van der Waals surface area contributed by atoms with Crippen LogP contribution in [0.25, 0.3) is 11.1 Å². The monoisotopic (exact) mass is 464 g/mol. The van der Waals surface area contributed by atoms with E-state index >= 15 is 0 Å². The van der Waals surface area contributed by atoms with E-state index in [-0.39, 0.29) is 36.2 Å². The number of rotatable bonds is 8. The topological polar surface area (TPSA) is 114 Å². The Morgan fingerprint density at radius 3 is 2.26 bits per heavy atom. The first-order chi connectivity index (χ1) is 16.5. The highest BCUT2D eigenvalue weighted by Crippen LogP contribution is 2.44. The first kappa shape index (κ1) is 22.4. The van der Waals surface area contributed by atoms with Crippen LogP contribution in [0.3, 0.4) is 0 Å². The summed E-state index contributed by atoms with van der Waals surface area (Å²) < 4.78 is 10.8. The number of aliphatic carboxylic acids is 1. The molecule has 8 nitrogen and oxygen atoms in total. The lowest BCUT2D eigenvalue weighted by Crippen LogP contribution is -2.37. The molecule has 2 fully saturated rings. The van der Waals surface area contributed by atoms with Crippen molar-refractivity contribution in [3.05, 3.63) is 59.7 Å². The average molecular weight is 465 g/mol. The molecule has 0 bridgehead atoms. The largest absolute Gasteiger partial charge is 0.479 e. The minimum Gasteiger partial charge on any atom is -0.479 e. The highest BCUT2D eigenvalue weighted by molar-refractivity contribution is 5.82. The number of hydrogen-bond acceptors (Lipinski definition) is 5. The van der Waals surface area contributed by atoms with Gasteiger partial charge in [-0.15, -0.1) is 0 Å². The summed E-state index contributed by atoms with van der Waals surface area (Å²) in [4.78, 5) is 35.9. The summed E-state index contributed by atoms with van der Waals surface area (Å²) in [5.74, 6) is -1.40. The molecule has 2 amide bonds. The number of nitrogens with one attached hydrogen (secondary N) is 2. The van der Waals surface area contributed by atoms with Gasteiger partial charge in [-0.05, 0) is 41.0 Å². The number of hydrogen-bond donors (Lipinski definition) is 3. The van der Waals surface area contributed by atoms with Crippen LogP contribution in [0.2, 0.25) is 0 Å². The molecule has 8 heteroatoms. The quantitative estimate of drug-likeness (QED) is 0.554. The summed E-state index contributed by atoms with van der Waals surface area (Å²) in [5.41, 5.74) is 4.68. The number of ether oxygens (including phenoxy) is 2. The molecular weight excluding hydrogens is 436 g/mol. The molecular formula is C26H28N2O6. The lowest BCUT2D eigenvalue weighted by atomic mass is 9.98. The number of benzene rings is 2. The van der Waals surface area contributed by atoms with Gasteiger partial charge in [0.1, 0.15) is 6.61 Å². The number of amides is 2. The van der Waals surface area contributed by atoms with Gasteiger partial charge in [0.25, 0.3) is 0 Å². The Kier molecular flexibility index (Phi) is 6.24. The highest BCUT2D eigenvalue weighted by Gasteiger charge is 2.43. The van der Waals surface area contributed by atoms with E-state index in [1.54, 1.807) is 0 Å². The zero-order chi connectivity index (χ0) is 23.7. The fourth-order valence-corrected chi connectivity index (χ4v) is 5.14. The van der Waals surface area contributed by atoms with Crippen LogP contribution in [-0.2, 0) is 19.1 Å². The van der Waals surface area contributed by atoms with E-state index in [0.717, 1.165) is 11.1 Å². The molecule has 4 atom stereocenters. The van der Waals surface area contributed by atoms with Crippen LogP contribution in [0.4, 0.5) is 4.79 Å². The van der Waals surface area contributed by atoms with E-state index in [4.69, 9.17) is 14.6 Å². The predicted molar refractivity (Wildman–Crippen MR) is 123 cm³/mol. The van der Waals surface area contributed by atoms with Crippen molar-refractivity contribution in [3.63, 3.8) is 0 Å². The number of fused-ring (bicyclic) bond motifs is 3. The SMILES string of the molecule is O=C(NC[C@@H]1C[C@@H]1C(=O)NCC1CCOC1C(=O)O)OCC1c2ccccc2-c2ccccc21. The fraction of sp³-hybridized carbons (Fsp3) is 0.423. The van der Waals surface area contributed by atoms with Gasteiger partial charge in [0.05, 0.1) is 0 Å². The third kappa shape index (κ3) is 4.50. The van der Waals surface area contributed by atoms with Crippen molar-refractivity contribution in [2.75, 3.05) is 26.3 Å². The Bertz CT molecular complexity index is 1060. The molecule has 178 valence electrons. The molecule has 1 saturated carbocycles. The summed E-state index contributed by atoms with van der Waals surface area (Å²) >= 11 is 0. The first-order valence-electron chi connectivity index (χ1n) is 11.7. The normalized spacial score (nSPS) is 24.7. The average Bonchev–Trinajstić information content (AvgIpc) is 3.34. The molecule has 1 saturated heterocycles. The van der Waals surface area contributed by atoms with Crippen LogP contribution in [0.5, 0.6) is 0 Å². The van der Waals surface area contributed by atoms with E-state index in [1.165, 1.54) is 11.1 Å². The lowest BCUT2D eigenvalue weighted by molar-refractivity contribution is -0.149. The van der Waals surface area contributed by atoms with Crippen molar-refractivity contribution in [2.45, 2.75) is 24.9 Å². The van der Waals surface area contributed by atoms with Crippen LogP contribution in [0, 0.1) is 17.8 Å².